The minimum Gasteiger partial charge on any atom is -0.497 e. The zero-order valence-electron chi connectivity index (χ0n) is 9.56. The van der Waals surface area contributed by atoms with Gasteiger partial charge in [-0.1, -0.05) is 23.7 Å². The fourth-order valence-corrected chi connectivity index (χ4v) is 1.75. The lowest BCUT2D eigenvalue weighted by Gasteiger charge is -2.07. The van der Waals surface area contributed by atoms with E-state index >= 15 is 0 Å². The van der Waals surface area contributed by atoms with Crippen LogP contribution < -0.4 is 9.47 Å². The van der Waals surface area contributed by atoms with Crippen LogP contribution in [-0.4, -0.2) is 17.1 Å². The summed E-state index contributed by atoms with van der Waals surface area (Å²) >= 11 is 9.12. The molecule has 0 fully saturated rings. The van der Waals surface area contributed by atoms with Crippen molar-refractivity contribution < 1.29 is 9.47 Å². The van der Waals surface area contributed by atoms with Crippen molar-refractivity contribution in [1.29, 1.82) is 0 Å². The van der Waals surface area contributed by atoms with Gasteiger partial charge in [-0.25, -0.2) is 9.97 Å². The number of benzene rings is 1. The van der Waals surface area contributed by atoms with Crippen molar-refractivity contribution in [2.75, 3.05) is 7.11 Å². The summed E-state index contributed by atoms with van der Waals surface area (Å²) in [6.07, 6.45) is 1.36. The molecule has 2 aromatic rings. The lowest BCUT2D eigenvalue weighted by atomic mass is 10.2. The van der Waals surface area contributed by atoms with Crippen molar-refractivity contribution in [3.05, 3.63) is 45.8 Å². The van der Waals surface area contributed by atoms with E-state index in [2.05, 4.69) is 25.9 Å². The van der Waals surface area contributed by atoms with Gasteiger partial charge in [0.05, 0.1) is 7.11 Å². The molecule has 0 spiro atoms. The van der Waals surface area contributed by atoms with Gasteiger partial charge < -0.3 is 9.47 Å². The van der Waals surface area contributed by atoms with Gasteiger partial charge in [0.25, 0.3) is 0 Å². The molecule has 0 radical (unpaired) electrons. The van der Waals surface area contributed by atoms with E-state index in [9.17, 15) is 0 Å². The molecule has 0 atom stereocenters. The molecule has 1 heterocycles. The number of methoxy groups -OCH3 is 1. The van der Waals surface area contributed by atoms with Crippen LogP contribution in [0.1, 0.15) is 5.56 Å². The molecule has 94 valence electrons. The third kappa shape index (κ3) is 3.11. The highest BCUT2D eigenvalue weighted by atomic mass is 79.9. The third-order valence-corrected chi connectivity index (χ3v) is 3.48. The Morgan fingerprint density at radius 2 is 1.94 bits per heavy atom. The van der Waals surface area contributed by atoms with Crippen LogP contribution in [-0.2, 0) is 6.61 Å². The molecule has 0 saturated carbocycles. The van der Waals surface area contributed by atoms with Crippen LogP contribution in [0.2, 0.25) is 5.15 Å². The Bertz CT molecular complexity index is 534. The minimum absolute atomic E-state index is 0.328. The number of rotatable bonds is 4. The van der Waals surface area contributed by atoms with E-state index in [1.807, 2.05) is 24.3 Å². The molecule has 4 nitrogen and oxygen atoms in total. The first-order valence-corrected chi connectivity index (χ1v) is 6.29. The number of ether oxygens (including phenoxy) is 2. The second-order valence-electron chi connectivity index (χ2n) is 3.42. The molecule has 0 saturated heterocycles. The zero-order chi connectivity index (χ0) is 13.0. The SMILES string of the molecule is COc1ccc(COc2ncnc(Cl)c2Br)cc1. The van der Waals surface area contributed by atoms with Gasteiger partial charge >= 0.3 is 0 Å². The van der Waals surface area contributed by atoms with Gasteiger partial charge in [-0.15, -0.1) is 0 Å². The summed E-state index contributed by atoms with van der Waals surface area (Å²) in [6, 6.07) is 7.60. The first-order valence-electron chi connectivity index (χ1n) is 5.12. The predicted molar refractivity (Wildman–Crippen MR) is 72.1 cm³/mol. The highest BCUT2D eigenvalue weighted by Crippen LogP contribution is 2.28. The first-order chi connectivity index (χ1) is 8.70. The Balaban J connectivity index is 2.04. The van der Waals surface area contributed by atoms with E-state index in [0.717, 1.165) is 11.3 Å². The summed E-state index contributed by atoms with van der Waals surface area (Å²) in [4.78, 5) is 7.83. The smallest absolute Gasteiger partial charge is 0.233 e. The summed E-state index contributed by atoms with van der Waals surface area (Å²) < 4.78 is 11.2. The molecular formula is C12H10BrClN2O2. The van der Waals surface area contributed by atoms with Gasteiger partial charge in [-0.3, -0.25) is 0 Å². The predicted octanol–water partition coefficient (Wildman–Crippen LogP) is 3.48. The van der Waals surface area contributed by atoms with E-state index in [1.54, 1.807) is 7.11 Å². The van der Waals surface area contributed by atoms with Crippen LogP contribution in [0.4, 0.5) is 0 Å². The van der Waals surface area contributed by atoms with Gasteiger partial charge in [0.1, 0.15) is 23.2 Å². The molecule has 0 aliphatic carbocycles. The van der Waals surface area contributed by atoms with Gasteiger partial charge in [-0.2, -0.15) is 0 Å². The molecule has 0 bridgehead atoms. The number of hydrogen-bond acceptors (Lipinski definition) is 4. The topological polar surface area (TPSA) is 44.2 Å². The van der Waals surface area contributed by atoms with Crippen molar-refractivity contribution in [2.45, 2.75) is 6.61 Å². The summed E-state index contributed by atoms with van der Waals surface area (Å²) in [5, 5.41) is 0.328. The van der Waals surface area contributed by atoms with E-state index in [4.69, 9.17) is 21.1 Å². The zero-order valence-corrected chi connectivity index (χ0v) is 11.9. The Labute approximate surface area is 118 Å². The van der Waals surface area contributed by atoms with Crippen LogP contribution in [0, 0.1) is 0 Å². The van der Waals surface area contributed by atoms with Gasteiger partial charge in [0.2, 0.25) is 5.88 Å². The average Bonchev–Trinajstić information content (AvgIpc) is 2.41. The van der Waals surface area contributed by atoms with Crippen LogP contribution in [0.15, 0.2) is 35.1 Å². The monoisotopic (exact) mass is 328 g/mol. The van der Waals surface area contributed by atoms with Crippen molar-refractivity contribution in [1.82, 2.24) is 9.97 Å². The van der Waals surface area contributed by atoms with E-state index < -0.39 is 0 Å². The lowest BCUT2D eigenvalue weighted by Crippen LogP contribution is -1.99. The van der Waals surface area contributed by atoms with Gasteiger partial charge in [0, 0.05) is 0 Å². The highest BCUT2D eigenvalue weighted by molar-refractivity contribution is 9.10. The molecule has 2 rings (SSSR count). The maximum Gasteiger partial charge on any atom is 0.233 e. The number of hydrogen-bond donors (Lipinski definition) is 0. The Morgan fingerprint density at radius 3 is 2.61 bits per heavy atom. The Kier molecular flexibility index (Phi) is 4.38. The molecule has 6 heteroatoms. The molecule has 1 aromatic heterocycles. The van der Waals surface area contributed by atoms with Crippen molar-refractivity contribution in [3.63, 3.8) is 0 Å². The highest BCUT2D eigenvalue weighted by Gasteiger charge is 2.07. The molecule has 0 N–H and O–H groups in total. The average molecular weight is 330 g/mol. The minimum atomic E-state index is 0.328. The quantitative estimate of drug-likeness (QED) is 0.806. The largest absolute Gasteiger partial charge is 0.497 e. The van der Waals surface area contributed by atoms with Gasteiger partial charge in [0.15, 0.2) is 5.15 Å². The van der Waals surface area contributed by atoms with E-state index in [1.165, 1.54) is 6.33 Å². The fraction of sp³-hybridized carbons (Fsp3) is 0.167. The Hall–Kier alpha value is -1.33. The van der Waals surface area contributed by atoms with Crippen LogP contribution in [0.3, 0.4) is 0 Å². The molecule has 0 aliphatic heterocycles. The Morgan fingerprint density at radius 1 is 1.22 bits per heavy atom. The molecule has 0 aliphatic rings. The molecular weight excluding hydrogens is 320 g/mol. The maximum atomic E-state index is 5.84. The second-order valence-corrected chi connectivity index (χ2v) is 4.57. The number of halogens is 2. The van der Waals surface area contributed by atoms with Crippen molar-refractivity contribution >= 4 is 27.5 Å². The lowest BCUT2D eigenvalue weighted by molar-refractivity contribution is 0.291. The molecule has 18 heavy (non-hydrogen) atoms. The fourth-order valence-electron chi connectivity index (χ4n) is 1.31. The summed E-state index contributed by atoms with van der Waals surface area (Å²) in [6.45, 7) is 0.399. The van der Waals surface area contributed by atoms with Crippen molar-refractivity contribution in [2.24, 2.45) is 0 Å². The van der Waals surface area contributed by atoms with E-state index in [0.29, 0.717) is 22.1 Å². The normalized spacial score (nSPS) is 10.2. The van der Waals surface area contributed by atoms with Gasteiger partial charge in [-0.05, 0) is 33.6 Å². The summed E-state index contributed by atoms with van der Waals surface area (Å²) in [5.74, 6) is 1.23. The maximum absolute atomic E-state index is 5.84. The number of nitrogens with zero attached hydrogens (tertiary/aromatic N) is 2. The second kappa shape index (κ2) is 6.02. The molecule has 0 unspecified atom stereocenters. The summed E-state index contributed by atoms with van der Waals surface area (Å²) in [7, 11) is 1.63. The standard InChI is InChI=1S/C12H10BrClN2O2/c1-17-9-4-2-8(3-5-9)6-18-12-10(13)11(14)15-7-16-12/h2-5,7H,6H2,1H3. The van der Waals surface area contributed by atoms with Crippen LogP contribution >= 0.6 is 27.5 Å². The third-order valence-electron chi connectivity index (χ3n) is 2.25. The molecule has 1 aromatic carbocycles. The molecule has 0 amide bonds. The van der Waals surface area contributed by atoms with E-state index in [-0.39, 0.29) is 0 Å². The van der Waals surface area contributed by atoms with Crippen LogP contribution in [0.5, 0.6) is 11.6 Å². The first kappa shape index (κ1) is 13.1. The number of aromatic nitrogens is 2. The summed E-state index contributed by atoms with van der Waals surface area (Å²) in [5.41, 5.74) is 1.01. The van der Waals surface area contributed by atoms with Crippen molar-refractivity contribution in [3.8, 4) is 11.6 Å². The van der Waals surface area contributed by atoms with Crippen LogP contribution in [0.25, 0.3) is 0 Å².